The van der Waals surface area contributed by atoms with Crippen LogP contribution in [-0.4, -0.2) is 25.5 Å². The smallest absolute Gasteiger partial charge is 0.259 e. The molecule has 5 nitrogen and oxygen atoms in total. The molecule has 0 aliphatic rings. The Labute approximate surface area is 164 Å². The van der Waals surface area contributed by atoms with Crippen molar-refractivity contribution in [3.8, 4) is 5.75 Å². The largest absolute Gasteiger partial charge is 0.496 e. The minimum absolute atomic E-state index is 0.0868. The molecule has 0 aliphatic heterocycles. The van der Waals surface area contributed by atoms with E-state index in [-0.39, 0.29) is 11.8 Å². The van der Waals surface area contributed by atoms with Gasteiger partial charge in [-0.15, -0.1) is 0 Å². The number of hydrogen-bond acceptors (Lipinski definition) is 3. The van der Waals surface area contributed by atoms with Gasteiger partial charge in [-0.25, -0.2) is 0 Å². The normalized spacial score (nSPS) is 10.2. The number of nitrogens with one attached hydrogen (secondary N) is 1. The average molecular weight is 374 g/mol. The highest BCUT2D eigenvalue weighted by atomic mass is 16.5. The second-order valence-corrected chi connectivity index (χ2v) is 6.12. The van der Waals surface area contributed by atoms with Crippen molar-refractivity contribution in [3.63, 3.8) is 0 Å². The molecule has 0 unspecified atom stereocenters. The molecule has 0 atom stereocenters. The van der Waals surface area contributed by atoms with Crippen LogP contribution in [0.15, 0.2) is 78.9 Å². The second-order valence-electron chi connectivity index (χ2n) is 6.12. The summed E-state index contributed by atoms with van der Waals surface area (Å²) >= 11 is 0. The van der Waals surface area contributed by atoms with Gasteiger partial charge in [-0.3, -0.25) is 9.59 Å². The van der Waals surface area contributed by atoms with Gasteiger partial charge in [-0.2, -0.15) is 0 Å². The zero-order chi connectivity index (χ0) is 19.9. The number of hydrogen-bond donors (Lipinski definition) is 1. The third-order valence-corrected chi connectivity index (χ3v) is 4.37. The summed E-state index contributed by atoms with van der Waals surface area (Å²) in [6.07, 6.45) is 0. The van der Waals surface area contributed by atoms with E-state index in [4.69, 9.17) is 4.74 Å². The van der Waals surface area contributed by atoms with Crippen molar-refractivity contribution in [3.05, 3.63) is 90.0 Å². The molecule has 0 aromatic heterocycles. The Morgan fingerprint density at radius 2 is 1.54 bits per heavy atom. The number of carbonyl (C=O) groups is 2. The topological polar surface area (TPSA) is 58.6 Å². The fourth-order valence-electron chi connectivity index (χ4n) is 2.93. The van der Waals surface area contributed by atoms with Crippen molar-refractivity contribution >= 4 is 23.2 Å². The maximum atomic E-state index is 12.8. The summed E-state index contributed by atoms with van der Waals surface area (Å²) in [6, 6.07) is 23.4. The quantitative estimate of drug-likeness (QED) is 0.685. The van der Waals surface area contributed by atoms with Crippen LogP contribution < -0.4 is 15.0 Å². The van der Waals surface area contributed by atoms with Gasteiger partial charge < -0.3 is 15.0 Å². The maximum Gasteiger partial charge on any atom is 0.259 e. The van der Waals surface area contributed by atoms with E-state index in [0.717, 1.165) is 5.69 Å². The van der Waals surface area contributed by atoms with Gasteiger partial charge in [0, 0.05) is 23.5 Å². The predicted molar refractivity (Wildman–Crippen MR) is 111 cm³/mol. The number of methoxy groups -OCH3 is 1. The molecule has 0 bridgehead atoms. The van der Waals surface area contributed by atoms with Gasteiger partial charge in [-0.1, -0.05) is 30.3 Å². The minimum atomic E-state index is -0.268. The van der Waals surface area contributed by atoms with Gasteiger partial charge >= 0.3 is 0 Å². The molecule has 0 spiro atoms. The Kier molecular flexibility index (Phi) is 6.07. The summed E-state index contributed by atoms with van der Waals surface area (Å²) in [4.78, 5) is 27.0. The fraction of sp³-hybridized carbons (Fsp3) is 0.130. The van der Waals surface area contributed by atoms with Gasteiger partial charge in [0.25, 0.3) is 11.8 Å². The number of rotatable bonds is 6. The second kappa shape index (κ2) is 8.86. The number of carbonyl (C=O) groups excluding carboxylic acids is 2. The maximum absolute atomic E-state index is 12.8. The van der Waals surface area contributed by atoms with E-state index >= 15 is 0 Å². The first kappa shape index (κ1) is 19.2. The van der Waals surface area contributed by atoms with Crippen LogP contribution in [0.4, 0.5) is 11.4 Å². The van der Waals surface area contributed by atoms with E-state index in [0.29, 0.717) is 29.1 Å². The van der Waals surface area contributed by atoms with Crippen LogP contribution in [0, 0.1) is 0 Å². The summed E-state index contributed by atoms with van der Waals surface area (Å²) in [5, 5.41) is 2.83. The first-order chi connectivity index (χ1) is 13.6. The number of benzene rings is 3. The van der Waals surface area contributed by atoms with E-state index in [1.807, 2.05) is 43.3 Å². The monoisotopic (exact) mass is 374 g/mol. The van der Waals surface area contributed by atoms with Gasteiger partial charge in [0.1, 0.15) is 5.75 Å². The molecule has 0 saturated carbocycles. The summed E-state index contributed by atoms with van der Waals surface area (Å²) in [5.74, 6) is 0.153. The zero-order valence-electron chi connectivity index (χ0n) is 15.9. The van der Waals surface area contributed by atoms with Gasteiger partial charge in [0.05, 0.1) is 12.7 Å². The van der Waals surface area contributed by atoms with E-state index in [9.17, 15) is 9.59 Å². The number of para-hydroxylation sites is 2. The van der Waals surface area contributed by atoms with Crippen LogP contribution in [0.1, 0.15) is 27.6 Å². The molecule has 3 aromatic carbocycles. The first-order valence-electron chi connectivity index (χ1n) is 9.05. The molecule has 1 N–H and O–H groups in total. The van der Waals surface area contributed by atoms with Crippen LogP contribution in [0.25, 0.3) is 0 Å². The lowest BCUT2D eigenvalue weighted by atomic mass is 10.1. The highest BCUT2D eigenvalue weighted by Crippen LogP contribution is 2.21. The lowest BCUT2D eigenvalue weighted by molar-refractivity contribution is 0.0987. The van der Waals surface area contributed by atoms with E-state index in [2.05, 4.69) is 5.32 Å². The molecular weight excluding hydrogens is 352 g/mol. The molecule has 28 heavy (non-hydrogen) atoms. The Morgan fingerprint density at radius 3 is 2.18 bits per heavy atom. The minimum Gasteiger partial charge on any atom is -0.496 e. The van der Waals surface area contributed by atoms with Crippen LogP contribution in [0.2, 0.25) is 0 Å². The van der Waals surface area contributed by atoms with Gasteiger partial charge in [0.15, 0.2) is 0 Å². The van der Waals surface area contributed by atoms with E-state index in [1.54, 1.807) is 47.4 Å². The number of ether oxygens (including phenoxy) is 1. The van der Waals surface area contributed by atoms with Crippen molar-refractivity contribution in [2.45, 2.75) is 6.92 Å². The third-order valence-electron chi connectivity index (χ3n) is 4.37. The summed E-state index contributed by atoms with van der Waals surface area (Å²) in [5.41, 5.74) is 2.46. The first-order valence-corrected chi connectivity index (χ1v) is 9.05. The molecule has 2 amide bonds. The number of nitrogens with zero attached hydrogens (tertiary/aromatic N) is 1. The summed E-state index contributed by atoms with van der Waals surface area (Å²) in [6.45, 7) is 2.50. The molecule has 0 aliphatic carbocycles. The molecule has 142 valence electrons. The molecular formula is C23H22N2O3. The lowest BCUT2D eigenvalue weighted by Gasteiger charge is -2.21. The van der Waals surface area contributed by atoms with Crippen LogP contribution in [0.5, 0.6) is 5.75 Å². The highest BCUT2D eigenvalue weighted by Gasteiger charge is 2.16. The summed E-state index contributed by atoms with van der Waals surface area (Å²) in [7, 11) is 1.53. The van der Waals surface area contributed by atoms with Crippen molar-refractivity contribution in [1.29, 1.82) is 0 Å². The standard InChI is InChI=1S/C23H22N2O3/c1-3-25(19-9-5-4-6-10-19)23(27)17-13-15-18(16-14-17)24-22(26)20-11-7-8-12-21(20)28-2/h4-16H,3H2,1-2H3,(H,24,26). The SMILES string of the molecule is CCN(C(=O)c1ccc(NC(=O)c2ccccc2OC)cc1)c1ccccc1. The van der Waals surface area contributed by atoms with E-state index in [1.165, 1.54) is 7.11 Å². The molecule has 3 aromatic rings. The lowest BCUT2D eigenvalue weighted by Crippen LogP contribution is -2.30. The molecule has 0 saturated heterocycles. The summed E-state index contributed by atoms with van der Waals surface area (Å²) < 4.78 is 5.22. The molecule has 3 rings (SSSR count). The number of amides is 2. The third kappa shape index (κ3) is 4.20. The van der Waals surface area contributed by atoms with Gasteiger partial charge in [0.2, 0.25) is 0 Å². The highest BCUT2D eigenvalue weighted by molar-refractivity contribution is 6.08. The Hall–Kier alpha value is -3.60. The fourth-order valence-corrected chi connectivity index (χ4v) is 2.93. The Bertz CT molecular complexity index is 953. The van der Waals surface area contributed by atoms with E-state index < -0.39 is 0 Å². The van der Waals surface area contributed by atoms with Crippen molar-refractivity contribution < 1.29 is 14.3 Å². The number of anilines is 2. The van der Waals surface area contributed by atoms with Crippen LogP contribution >= 0.6 is 0 Å². The molecule has 0 fully saturated rings. The molecule has 5 heteroatoms. The predicted octanol–water partition coefficient (Wildman–Crippen LogP) is 4.61. The Balaban J connectivity index is 1.74. The van der Waals surface area contributed by atoms with Crippen molar-refractivity contribution in [2.24, 2.45) is 0 Å². The van der Waals surface area contributed by atoms with Crippen LogP contribution in [0.3, 0.4) is 0 Å². The Morgan fingerprint density at radius 1 is 0.893 bits per heavy atom. The van der Waals surface area contributed by atoms with Gasteiger partial charge in [-0.05, 0) is 55.5 Å². The zero-order valence-corrected chi connectivity index (χ0v) is 15.9. The molecule has 0 heterocycles. The average Bonchev–Trinajstić information content (AvgIpc) is 2.75. The molecule has 0 radical (unpaired) electrons. The van der Waals surface area contributed by atoms with Crippen molar-refractivity contribution in [2.75, 3.05) is 23.9 Å². The van der Waals surface area contributed by atoms with Crippen LogP contribution in [-0.2, 0) is 0 Å². The van der Waals surface area contributed by atoms with Crippen molar-refractivity contribution in [1.82, 2.24) is 0 Å².